The van der Waals surface area contributed by atoms with Crippen molar-refractivity contribution in [3.63, 3.8) is 0 Å². The molecule has 2 aromatic carbocycles. The summed E-state index contributed by atoms with van der Waals surface area (Å²) in [6, 6.07) is 13.7. The van der Waals surface area contributed by atoms with Crippen LogP contribution in [0.3, 0.4) is 0 Å². The van der Waals surface area contributed by atoms with Crippen LogP contribution in [-0.2, 0) is 0 Å². The molecule has 0 saturated carbocycles. The number of H-pyrrole nitrogens is 1. The third-order valence-electron chi connectivity index (χ3n) is 2.97. The van der Waals surface area contributed by atoms with Crippen molar-refractivity contribution >= 4 is 34.4 Å². The maximum atomic E-state index is 13.0. The van der Waals surface area contributed by atoms with Crippen molar-refractivity contribution in [3.8, 4) is 11.4 Å². The molecule has 0 aliphatic carbocycles. The molecule has 0 aliphatic heterocycles. The maximum absolute atomic E-state index is 13.0. The fourth-order valence-electron chi connectivity index (χ4n) is 1.88. The number of aromatic amines is 1. The average Bonchev–Trinajstić information content (AvgIpc) is 2.88. The molecule has 7 heteroatoms. The first-order valence-corrected chi connectivity index (χ1v) is 7.57. The Hall–Kier alpha value is -2.12. The highest BCUT2D eigenvalue weighted by atomic mass is 79.9. The van der Waals surface area contributed by atoms with E-state index in [1.807, 2.05) is 24.3 Å². The summed E-state index contributed by atoms with van der Waals surface area (Å²) in [6.45, 7) is 0. The first kappa shape index (κ1) is 14.8. The third kappa shape index (κ3) is 3.05. The third-order valence-corrected chi connectivity index (χ3v) is 3.96. The molecule has 3 aromatic rings. The molecule has 0 saturated heterocycles. The molecule has 110 valence electrons. The van der Waals surface area contributed by atoms with Gasteiger partial charge in [0.05, 0.1) is 6.21 Å². The van der Waals surface area contributed by atoms with Crippen molar-refractivity contribution in [1.82, 2.24) is 14.9 Å². The van der Waals surface area contributed by atoms with Crippen LogP contribution in [0.1, 0.15) is 5.56 Å². The summed E-state index contributed by atoms with van der Waals surface area (Å²) in [6.07, 6.45) is 1.68. The minimum absolute atomic E-state index is 0.304. The number of nitrogens with one attached hydrogen (secondary N) is 1. The number of nitrogens with zero attached hydrogens (tertiary/aromatic N) is 3. The highest BCUT2D eigenvalue weighted by Gasteiger charge is 2.08. The number of hydrogen-bond acceptors (Lipinski definition) is 3. The largest absolute Gasteiger partial charge is 0.250 e. The van der Waals surface area contributed by atoms with E-state index in [2.05, 4.69) is 31.2 Å². The lowest BCUT2D eigenvalue weighted by Crippen LogP contribution is -1.95. The quantitative estimate of drug-likeness (QED) is 0.544. The molecule has 0 radical (unpaired) electrons. The molecule has 1 heterocycles. The van der Waals surface area contributed by atoms with E-state index in [9.17, 15) is 4.39 Å². The van der Waals surface area contributed by atoms with Crippen LogP contribution < -0.4 is 0 Å². The van der Waals surface area contributed by atoms with Crippen LogP contribution >= 0.6 is 28.1 Å². The Morgan fingerprint density at radius 1 is 1.18 bits per heavy atom. The van der Waals surface area contributed by atoms with Gasteiger partial charge in [-0.3, -0.25) is 0 Å². The normalized spacial score (nSPS) is 11.2. The van der Waals surface area contributed by atoms with E-state index in [-0.39, 0.29) is 5.82 Å². The summed E-state index contributed by atoms with van der Waals surface area (Å²) >= 11 is 8.65. The first-order chi connectivity index (χ1) is 10.6. The topological polar surface area (TPSA) is 46.0 Å². The second-order valence-electron chi connectivity index (χ2n) is 4.44. The number of halogens is 2. The van der Waals surface area contributed by atoms with Gasteiger partial charge in [0.25, 0.3) is 0 Å². The van der Waals surface area contributed by atoms with Gasteiger partial charge in [0.1, 0.15) is 5.82 Å². The second kappa shape index (κ2) is 6.33. The van der Waals surface area contributed by atoms with E-state index in [1.54, 1.807) is 18.3 Å². The zero-order valence-electron chi connectivity index (χ0n) is 11.2. The predicted molar refractivity (Wildman–Crippen MR) is 89.9 cm³/mol. The SMILES string of the molecule is Fc1ccc(-c2n[nH]c(=S)n2/N=C/c2ccccc2Br)cc1. The van der Waals surface area contributed by atoms with Crippen molar-refractivity contribution in [3.05, 3.63) is 69.2 Å². The lowest BCUT2D eigenvalue weighted by molar-refractivity contribution is 0.628. The van der Waals surface area contributed by atoms with Crippen LogP contribution in [0, 0.1) is 10.6 Å². The van der Waals surface area contributed by atoms with Crippen LogP contribution in [0.2, 0.25) is 0 Å². The highest BCUT2D eigenvalue weighted by Crippen LogP contribution is 2.18. The van der Waals surface area contributed by atoms with Crippen LogP contribution in [-0.4, -0.2) is 21.1 Å². The van der Waals surface area contributed by atoms with Gasteiger partial charge < -0.3 is 0 Å². The first-order valence-electron chi connectivity index (χ1n) is 6.37. The Morgan fingerprint density at radius 3 is 2.64 bits per heavy atom. The summed E-state index contributed by atoms with van der Waals surface area (Å²) in [5.74, 6) is 0.217. The Balaban J connectivity index is 2.01. The fourth-order valence-corrected chi connectivity index (χ4v) is 2.45. The van der Waals surface area contributed by atoms with Gasteiger partial charge in [0.15, 0.2) is 5.82 Å². The predicted octanol–water partition coefficient (Wildman–Crippen LogP) is 4.39. The zero-order valence-corrected chi connectivity index (χ0v) is 13.6. The van der Waals surface area contributed by atoms with E-state index in [0.29, 0.717) is 10.6 Å². The number of benzene rings is 2. The molecule has 0 aliphatic rings. The Morgan fingerprint density at radius 2 is 1.91 bits per heavy atom. The number of rotatable bonds is 3. The van der Waals surface area contributed by atoms with Crippen LogP contribution in [0.5, 0.6) is 0 Å². The monoisotopic (exact) mass is 376 g/mol. The van der Waals surface area contributed by atoms with E-state index in [1.165, 1.54) is 16.8 Å². The van der Waals surface area contributed by atoms with Crippen LogP contribution in [0.15, 0.2) is 58.1 Å². The Bertz CT molecular complexity index is 883. The summed E-state index contributed by atoms with van der Waals surface area (Å²) in [5, 5.41) is 11.2. The second-order valence-corrected chi connectivity index (χ2v) is 5.68. The molecule has 22 heavy (non-hydrogen) atoms. The molecule has 0 fully saturated rings. The number of hydrogen-bond donors (Lipinski definition) is 1. The Labute approximate surface area is 139 Å². The lowest BCUT2D eigenvalue weighted by atomic mass is 10.2. The van der Waals surface area contributed by atoms with Crippen molar-refractivity contribution in [2.45, 2.75) is 0 Å². The van der Waals surface area contributed by atoms with E-state index < -0.39 is 0 Å². The minimum Gasteiger partial charge on any atom is -0.250 e. The van der Waals surface area contributed by atoms with Crippen molar-refractivity contribution in [2.24, 2.45) is 5.10 Å². The molecule has 0 amide bonds. The average molecular weight is 377 g/mol. The molecule has 4 nitrogen and oxygen atoms in total. The van der Waals surface area contributed by atoms with Crippen LogP contribution in [0.25, 0.3) is 11.4 Å². The lowest BCUT2D eigenvalue weighted by Gasteiger charge is -2.01. The summed E-state index contributed by atoms with van der Waals surface area (Å²) in [7, 11) is 0. The Kier molecular flexibility index (Phi) is 4.26. The van der Waals surface area contributed by atoms with Crippen molar-refractivity contribution in [1.29, 1.82) is 0 Å². The van der Waals surface area contributed by atoms with E-state index in [4.69, 9.17) is 12.2 Å². The van der Waals surface area contributed by atoms with Gasteiger partial charge in [0, 0.05) is 15.6 Å². The summed E-state index contributed by atoms with van der Waals surface area (Å²) < 4.78 is 15.8. The summed E-state index contributed by atoms with van der Waals surface area (Å²) in [5.41, 5.74) is 1.63. The molecular formula is C15H10BrFN4S. The number of aromatic nitrogens is 3. The maximum Gasteiger partial charge on any atom is 0.216 e. The molecule has 0 bridgehead atoms. The highest BCUT2D eigenvalue weighted by molar-refractivity contribution is 9.10. The standard InChI is InChI=1S/C15H10BrFN4S/c16-13-4-2-1-3-11(13)9-18-21-14(19-20-15(21)22)10-5-7-12(17)8-6-10/h1-9H,(H,20,22)/b18-9+. The van der Waals surface area contributed by atoms with Gasteiger partial charge in [-0.05, 0) is 42.5 Å². The van der Waals surface area contributed by atoms with Crippen molar-refractivity contribution in [2.75, 3.05) is 0 Å². The van der Waals surface area contributed by atoms with Gasteiger partial charge in [-0.15, -0.1) is 0 Å². The zero-order chi connectivity index (χ0) is 15.5. The van der Waals surface area contributed by atoms with Gasteiger partial charge in [-0.25, -0.2) is 9.49 Å². The molecule has 1 aromatic heterocycles. The van der Waals surface area contributed by atoms with Gasteiger partial charge >= 0.3 is 0 Å². The molecule has 0 spiro atoms. The van der Waals surface area contributed by atoms with Gasteiger partial charge in [-0.1, -0.05) is 34.1 Å². The van der Waals surface area contributed by atoms with Crippen LogP contribution in [0.4, 0.5) is 4.39 Å². The van der Waals surface area contributed by atoms with E-state index in [0.717, 1.165) is 15.6 Å². The fraction of sp³-hybridized carbons (Fsp3) is 0. The molecule has 0 unspecified atom stereocenters. The molecule has 1 N–H and O–H groups in total. The molecule has 0 atom stereocenters. The van der Waals surface area contributed by atoms with Gasteiger partial charge in [-0.2, -0.15) is 14.9 Å². The smallest absolute Gasteiger partial charge is 0.216 e. The van der Waals surface area contributed by atoms with Crippen molar-refractivity contribution < 1.29 is 4.39 Å². The molecular weight excluding hydrogens is 367 g/mol. The molecule has 3 rings (SSSR count). The summed E-state index contributed by atoms with van der Waals surface area (Å²) in [4.78, 5) is 0. The van der Waals surface area contributed by atoms with Gasteiger partial charge in [0.2, 0.25) is 4.77 Å². The van der Waals surface area contributed by atoms with E-state index >= 15 is 0 Å². The minimum atomic E-state index is -0.304.